The van der Waals surface area contributed by atoms with Crippen molar-refractivity contribution in [3.63, 3.8) is 0 Å². The lowest BCUT2D eigenvalue weighted by atomic mass is 9.72. The molecule has 2 aliphatic heterocycles. The third-order valence-corrected chi connectivity index (χ3v) is 13.2. The summed E-state index contributed by atoms with van der Waals surface area (Å²) in [5.74, 6) is -0.742. The van der Waals surface area contributed by atoms with Crippen molar-refractivity contribution in [2.45, 2.75) is 44.0 Å². The Bertz CT molecular complexity index is 2720. The number of nitrogens with zero attached hydrogens (tertiary/aromatic N) is 4. The summed E-state index contributed by atoms with van der Waals surface area (Å²) >= 11 is 6.24. The molecular weight excluding hydrogens is 852 g/mol. The van der Waals surface area contributed by atoms with E-state index in [4.69, 9.17) is 21.1 Å². The van der Waals surface area contributed by atoms with Crippen LogP contribution >= 0.6 is 11.6 Å². The van der Waals surface area contributed by atoms with Gasteiger partial charge in [-0.2, -0.15) is 0 Å². The monoisotopic (exact) mass is 898 g/mol. The average molecular weight is 899 g/mol. The van der Waals surface area contributed by atoms with Gasteiger partial charge in [-0.1, -0.05) is 43.2 Å². The number of alkyl carbamates (subject to hydrolysis) is 1. The number of aromatic nitrogens is 2. The summed E-state index contributed by atoms with van der Waals surface area (Å²) in [6.07, 6.45) is 5.68. The molecule has 4 N–H and O–H groups in total. The quantitative estimate of drug-likeness (QED) is 0.0714. The van der Waals surface area contributed by atoms with Gasteiger partial charge in [-0.05, 0) is 72.2 Å². The topological polar surface area (TPSA) is 210 Å². The van der Waals surface area contributed by atoms with Gasteiger partial charge >= 0.3 is 6.09 Å². The summed E-state index contributed by atoms with van der Waals surface area (Å²) in [6, 6.07) is 18.0. The number of ether oxygens (including phenoxy) is 3. The van der Waals surface area contributed by atoms with Crippen molar-refractivity contribution >= 4 is 67.3 Å². The van der Waals surface area contributed by atoms with Gasteiger partial charge in [0.15, 0.2) is 11.4 Å². The zero-order valence-corrected chi connectivity index (χ0v) is 36.5. The number of piperazine rings is 1. The number of rotatable bonds is 12. The lowest BCUT2D eigenvalue weighted by Crippen LogP contribution is -2.47. The number of carbonyl (C=O) groups excluding carboxylic acids is 2. The first-order valence-corrected chi connectivity index (χ1v) is 22.3. The minimum absolute atomic E-state index is 0.0116. The molecule has 63 heavy (non-hydrogen) atoms. The molecular formula is C44H47ClN8O9S. The Kier molecular flexibility index (Phi) is 12.2. The van der Waals surface area contributed by atoms with Crippen LogP contribution in [0.3, 0.4) is 0 Å². The molecule has 0 radical (unpaired) electrons. The number of fused-ring (bicyclic) bond motifs is 2. The highest BCUT2D eigenvalue weighted by Gasteiger charge is 2.33. The van der Waals surface area contributed by atoms with E-state index in [-0.39, 0.29) is 41.3 Å². The number of amides is 2. The summed E-state index contributed by atoms with van der Waals surface area (Å²) in [4.78, 5) is 48.5. The molecule has 0 saturated carbocycles. The lowest BCUT2D eigenvalue weighted by molar-refractivity contribution is -0.384. The van der Waals surface area contributed by atoms with Crippen molar-refractivity contribution in [3.05, 3.63) is 111 Å². The van der Waals surface area contributed by atoms with Gasteiger partial charge in [-0.25, -0.2) is 22.9 Å². The van der Waals surface area contributed by atoms with Crippen molar-refractivity contribution in [1.82, 2.24) is 24.9 Å². The molecule has 330 valence electrons. The van der Waals surface area contributed by atoms with E-state index in [0.717, 1.165) is 62.1 Å². The second kappa shape index (κ2) is 17.8. The van der Waals surface area contributed by atoms with Gasteiger partial charge in [0.05, 0.1) is 34.7 Å². The highest BCUT2D eigenvalue weighted by Crippen LogP contribution is 2.44. The van der Waals surface area contributed by atoms with Crippen LogP contribution in [-0.2, 0) is 14.8 Å². The summed E-state index contributed by atoms with van der Waals surface area (Å²) in [5, 5.41) is 19.1. The van der Waals surface area contributed by atoms with Crippen molar-refractivity contribution < 1.29 is 37.1 Å². The molecule has 2 amide bonds. The number of nitrogens with one attached hydrogen (secondary N) is 4. The molecule has 2 aromatic heterocycles. The molecule has 1 aliphatic carbocycles. The molecule has 0 spiro atoms. The number of allylic oxidation sites excluding steroid dienone is 1. The Labute approximate surface area is 368 Å². The fourth-order valence-corrected chi connectivity index (χ4v) is 9.30. The Morgan fingerprint density at radius 2 is 1.84 bits per heavy atom. The maximum Gasteiger partial charge on any atom is 0.406 e. The molecule has 8 rings (SSSR count). The van der Waals surface area contributed by atoms with E-state index in [9.17, 15) is 28.1 Å². The van der Waals surface area contributed by atoms with Gasteiger partial charge in [-0.15, -0.1) is 0 Å². The third kappa shape index (κ3) is 9.82. The fraction of sp³-hybridized carbons (Fsp3) is 0.341. The summed E-state index contributed by atoms with van der Waals surface area (Å²) in [7, 11) is -3.51. The zero-order valence-electron chi connectivity index (χ0n) is 34.9. The van der Waals surface area contributed by atoms with Crippen LogP contribution in [-0.4, -0.2) is 99.2 Å². The second-order valence-corrected chi connectivity index (χ2v) is 18.7. The average Bonchev–Trinajstić information content (AvgIpc) is 3.74. The number of carbonyl (C=O) groups is 2. The van der Waals surface area contributed by atoms with E-state index >= 15 is 0 Å². The minimum Gasteiger partial charge on any atom is -0.489 e. The number of sulfonamides is 1. The standard InChI is InChI=1S/C44H47ClN8O9S/c1-44(2)12-10-29(36(22-44)27-4-6-30(45)7-5-27)25-51-14-16-52(17-15-51)32-8-9-35(38(19-32)62-33-18-28-11-13-46-41(28)47-24-33)42(54)50-63(58,59)34-20-37(53(56)57)40-39(21-34)61-26-31(49-40)23-48-43(55)60-3/h4-9,11,13,18-21,24,31,49H,10,12,14-17,22-23,25-26H2,1-3H3,(H,46,47)(H,48,55)(H,50,54)/t31-/m1/s1. The Hall–Kier alpha value is -6.37. The fourth-order valence-electron chi connectivity index (χ4n) is 8.18. The van der Waals surface area contributed by atoms with E-state index in [0.29, 0.717) is 29.5 Å². The number of benzene rings is 3. The highest BCUT2D eigenvalue weighted by molar-refractivity contribution is 7.90. The normalized spacial score (nSPS) is 17.6. The largest absolute Gasteiger partial charge is 0.489 e. The Morgan fingerprint density at radius 3 is 2.59 bits per heavy atom. The molecule has 5 aromatic rings. The van der Waals surface area contributed by atoms with Crippen LogP contribution in [0, 0.1) is 15.5 Å². The number of H-pyrrole nitrogens is 1. The van der Waals surface area contributed by atoms with Crippen molar-refractivity contribution in [2.24, 2.45) is 5.41 Å². The molecule has 1 fully saturated rings. The smallest absolute Gasteiger partial charge is 0.406 e. The minimum atomic E-state index is -4.71. The number of nitro benzene ring substituents is 1. The first-order valence-electron chi connectivity index (χ1n) is 20.4. The van der Waals surface area contributed by atoms with Crippen molar-refractivity contribution in [3.8, 4) is 17.2 Å². The number of hydrogen-bond donors (Lipinski definition) is 4. The van der Waals surface area contributed by atoms with E-state index in [1.165, 1.54) is 36.1 Å². The predicted molar refractivity (Wildman–Crippen MR) is 238 cm³/mol. The SMILES string of the molecule is COC(=O)NC[C@@H]1COc2cc(S(=O)(=O)NC(=O)c3ccc(N4CCN(CC5=C(c6ccc(Cl)cc6)CC(C)(C)CC5)CC4)cc3Oc3cnc4[nH]ccc4c3)cc([N+](=O)[O-])c2N1. The Morgan fingerprint density at radius 1 is 1.06 bits per heavy atom. The molecule has 4 heterocycles. The van der Waals surface area contributed by atoms with Crippen LogP contribution < -0.4 is 29.7 Å². The summed E-state index contributed by atoms with van der Waals surface area (Å²) < 4.78 is 46.2. The van der Waals surface area contributed by atoms with Crippen LogP contribution in [0.4, 0.5) is 21.9 Å². The summed E-state index contributed by atoms with van der Waals surface area (Å²) in [5.41, 5.74) is 4.90. The van der Waals surface area contributed by atoms with Gasteiger partial charge in [0, 0.05) is 79.8 Å². The van der Waals surface area contributed by atoms with Crippen LogP contribution in [0.2, 0.25) is 5.02 Å². The highest BCUT2D eigenvalue weighted by atomic mass is 35.5. The molecule has 0 bridgehead atoms. The first kappa shape index (κ1) is 43.3. The number of halogens is 1. The summed E-state index contributed by atoms with van der Waals surface area (Å²) in [6.45, 7) is 8.44. The van der Waals surface area contributed by atoms with Crippen LogP contribution in [0.1, 0.15) is 49.0 Å². The van der Waals surface area contributed by atoms with Gasteiger partial charge in [0.2, 0.25) is 0 Å². The van der Waals surface area contributed by atoms with Crippen LogP contribution in [0.5, 0.6) is 17.2 Å². The molecule has 1 saturated heterocycles. The molecule has 0 unspecified atom stereocenters. The number of anilines is 2. The van der Waals surface area contributed by atoms with Gasteiger partial charge in [-0.3, -0.25) is 19.8 Å². The Balaban J connectivity index is 1.02. The second-order valence-electron chi connectivity index (χ2n) is 16.6. The molecule has 1 atom stereocenters. The third-order valence-electron chi connectivity index (χ3n) is 11.6. The maximum absolute atomic E-state index is 14.0. The van der Waals surface area contributed by atoms with Gasteiger partial charge in [0.1, 0.15) is 23.8 Å². The van der Waals surface area contributed by atoms with Gasteiger partial charge in [0.25, 0.3) is 21.6 Å². The van der Waals surface area contributed by atoms with E-state index in [2.05, 4.69) is 65.8 Å². The molecule has 3 aromatic carbocycles. The van der Waals surface area contributed by atoms with Crippen molar-refractivity contribution in [2.75, 3.05) is 63.2 Å². The van der Waals surface area contributed by atoms with E-state index in [1.54, 1.807) is 24.4 Å². The number of nitro groups is 1. The first-order chi connectivity index (χ1) is 30.1. The molecule has 19 heteroatoms. The number of methoxy groups -OCH3 is 1. The number of pyridine rings is 1. The lowest BCUT2D eigenvalue weighted by Gasteiger charge is -2.39. The van der Waals surface area contributed by atoms with Crippen molar-refractivity contribution in [1.29, 1.82) is 0 Å². The van der Waals surface area contributed by atoms with Gasteiger partial charge < -0.3 is 34.7 Å². The maximum atomic E-state index is 14.0. The molecule has 3 aliphatic rings. The van der Waals surface area contributed by atoms with E-state index < -0.39 is 43.6 Å². The van der Waals surface area contributed by atoms with Crippen LogP contribution in [0.25, 0.3) is 16.6 Å². The van der Waals surface area contributed by atoms with Crippen LogP contribution in [0.15, 0.2) is 89.6 Å². The molecule has 17 nitrogen and oxygen atoms in total. The number of aromatic amines is 1. The van der Waals surface area contributed by atoms with E-state index in [1.807, 2.05) is 18.2 Å². The predicted octanol–water partition coefficient (Wildman–Crippen LogP) is 7.35. The zero-order chi connectivity index (χ0) is 44.5. The number of hydrogen-bond acceptors (Lipinski definition) is 13.